The predicted molar refractivity (Wildman–Crippen MR) is 80.4 cm³/mol. The minimum atomic E-state index is 0.241. The fourth-order valence-corrected chi connectivity index (χ4v) is 4.39. The summed E-state index contributed by atoms with van der Waals surface area (Å²) in [5.74, 6) is 2.59. The average molecular weight is 271 g/mol. The molecule has 1 N–H and O–H groups in total. The molecule has 2 fully saturated rings. The van der Waals surface area contributed by atoms with Crippen molar-refractivity contribution >= 4 is 11.8 Å². The fourth-order valence-electron chi connectivity index (χ4n) is 3.15. The van der Waals surface area contributed by atoms with Gasteiger partial charge in [0.25, 0.3) is 0 Å². The van der Waals surface area contributed by atoms with E-state index in [2.05, 4.69) is 24.0 Å². The van der Waals surface area contributed by atoms with Crippen LogP contribution in [0.1, 0.15) is 58.3 Å². The van der Waals surface area contributed by atoms with Gasteiger partial charge in [-0.25, -0.2) is 0 Å². The molecule has 0 aliphatic carbocycles. The van der Waals surface area contributed by atoms with Crippen molar-refractivity contribution in [3.63, 3.8) is 0 Å². The van der Waals surface area contributed by atoms with E-state index in [1.807, 2.05) is 0 Å². The van der Waals surface area contributed by atoms with E-state index >= 15 is 0 Å². The summed E-state index contributed by atoms with van der Waals surface area (Å²) < 4.78 is 6.13. The Morgan fingerprint density at radius 3 is 2.83 bits per heavy atom. The van der Waals surface area contributed by atoms with Crippen molar-refractivity contribution in [2.24, 2.45) is 0 Å². The number of unbranched alkanes of at least 4 members (excludes halogenated alkanes) is 3. The maximum Gasteiger partial charge on any atom is 0.0713 e. The molecule has 0 amide bonds. The second-order valence-electron chi connectivity index (χ2n) is 5.85. The van der Waals surface area contributed by atoms with Crippen molar-refractivity contribution in [3.8, 4) is 0 Å². The van der Waals surface area contributed by atoms with Crippen molar-refractivity contribution in [1.29, 1.82) is 0 Å². The number of hydrogen-bond acceptors (Lipinski definition) is 3. The Morgan fingerprint density at radius 1 is 1.22 bits per heavy atom. The molecule has 2 aliphatic rings. The van der Waals surface area contributed by atoms with Crippen molar-refractivity contribution < 1.29 is 4.74 Å². The van der Waals surface area contributed by atoms with Gasteiger partial charge in [-0.05, 0) is 50.2 Å². The number of rotatable bonds is 6. The third-order valence-electron chi connectivity index (χ3n) is 4.36. The lowest BCUT2D eigenvalue weighted by molar-refractivity contribution is -0.0930. The van der Waals surface area contributed by atoms with E-state index in [9.17, 15) is 0 Å². The van der Waals surface area contributed by atoms with Crippen LogP contribution >= 0.6 is 11.8 Å². The molecule has 18 heavy (non-hydrogen) atoms. The van der Waals surface area contributed by atoms with Crippen LogP contribution in [0.15, 0.2) is 0 Å². The average Bonchev–Trinajstić information content (AvgIpc) is 2.40. The van der Waals surface area contributed by atoms with Gasteiger partial charge in [-0.15, -0.1) is 0 Å². The summed E-state index contributed by atoms with van der Waals surface area (Å²) in [6.07, 6.45) is 10.4. The van der Waals surface area contributed by atoms with Crippen LogP contribution in [0.25, 0.3) is 0 Å². The molecule has 1 spiro atoms. The number of hydrogen-bond donors (Lipinski definition) is 1. The minimum Gasteiger partial charge on any atom is -0.375 e. The Bertz CT molecular complexity index is 223. The standard InChI is InChI=1S/C15H29NOS/c1-2-3-4-5-9-16-14-6-10-17-15(13-14)7-11-18-12-8-15/h14,16H,2-13H2,1H3. The fraction of sp³-hybridized carbons (Fsp3) is 1.00. The summed E-state index contributed by atoms with van der Waals surface area (Å²) in [5, 5.41) is 3.77. The Hall–Kier alpha value is 0.270. The monoisotopic (exact) mass is 271 g/mol. The van der Waals surface area contributed by atoms with Crippen molar-refractivity contribution in [2.75, 3.05) is 24.7 Å². The zero-order valence-electron chi connectivity index (χ0n) is 11.9. The molecule has 3 heteroatoms. The second kappa shape index (κ2) is 7.76. The SMILES string of the molecule is CCCCCCNC1CCOC2(CCSCC2)C1. The Kier molecular flexibility index (Phi) is 6.33. The van der Waals surface area contributed by atoms with Crippen LogP contribution in [0, 0.1) is 0 Å². The van der Waals surface area contributed by atoms with Gasteiger partial charge in [-0.1, -0.05) is 26.2 Å². The highest BCUT2D eigenvalue weighted by atomic mass is 32.2. The molecule has 0 aromatic heterocycles. The molecule has 0 aromatic rings. The second-order valence-corrected chi connectivity index (χ2v) is 7.07. The van der Waals surface area contributed by atoms with Gasteiger partial charge in [0.05, 0.1) is 5.60 Å². The molecule has 1 atom stereocenters. The van der Waals surface area contributed by atoms with Gasteiger partial charge in [-0.3, -0.25) is 0 Å². The molecular weight excluding hydrogens is 242 g/mol. The van der Waals surface area contributed by atoms with Gasteiger partial charge >= 0.3 is 0 Å². The summed E-state index contributed by atoms with van der Waals surface area (Å²) in [5.41, 5.74) is 0.241. The largest absolute Gasteiger partial charge is 0.375 e. The lowest BCUT2D eigenvalue weighted by Gasteiger charge is -2.43. The molecule has 0 aromatic carbocycles. The quantitative estimate of drug-likeness (QED) is 0.746. The Morgan fingerprint density at radius 2 is 2.06 bits per heavy atom. The maximum absolute atomic E-state index is 6.13. The molecule has 0 bridgehead atoms. The highest BCUT2D eigenvalue weighted by molar-refractivity contribution is 7.99. The molecule has 2 heterocycles. The highest BCUT2D eigenvalue weighted by Gasteiger charge is 2.38. The lowest BCUT2D eigenvalue weighted by Crippen LogP contribution is -2.49. The Labute approximate surface area is 117 Å². The van der Waals surface area contributed by atoms with Crippen LogP contribution in [-0.2, 0) is 4.74 Å². The maximum atomic E-state index is 6.13. The van der Waals surface area contributed by atoms with Crippen LogP contribution in [-0.4, -0.2) is 36.3 Å². The van der Waals surface area contributed by atoms with Gasteiger partial charge in [0, 0.05) is 12.6 Å². The summed E-state index contributed by atoms with van der Waals surface area (Å²) in [7, 11) is 0. The highest BCUT2D eigenvalue weighted by Crippen LogP contribution is 2.37. The molecule has 1 unspecified atom stereocenters. The molecule has 2 nitrogen and oxygen atoms in total. The molecule has 2 rings (SSSR count). The molecule has 2 saturated heterocycles. The van der Waals surface area contributed by atoms with Crippen molar-refractivity contribution in [2.45, 2.75) is 69.9 Å². The van der Waals surface area contributed by atoms with E-state index in [4.69, 9.17) is 4.74 Å². The van der Waals surface area contributed by atoms with Gasteiger partial charge < -0.3 is 10.1 Å². The van der Waals surface area contributed by atoms with Crippen LogP contribution in [0.5, 0.6) is 0 Å². The zero-order valence-corrected chi connectivity index (χ0v) is 12.7. The van der Waals surface area contributed by atoms with E-state index in [1.54, 1.807) is 0 Å². The lowest BCUT2D eigenvalue weighted by atomic mass is 9.85. The summed E-state index contributed by atoms with van der Waals surface area (Å²) in [4.78, 5) is 0. The van der Waals surface area contributed by atoms with E-state index in [1.165, 1.54) is 69.4 Å². The van der Waals surface area contributed by atoms with E-state index < -0.39 is 0 Å². The first-order chi connectivity index (χ1) is 8.85. The molecule has 2 aliphatic heterocycles. The van der Waals surface area contributed by atoms with Gasteiger partial charge in [-0.2, -0.15) is 11.8 Å². The van der Waals surface area contributed by atoms with Gasteiger partial charge in [0.2, 0.25) is 0 Å². The smallest absolute Gasteiger partial charge is 0.0713 e. The Balaban J connectivity index is 1.66. The summed E-state index contributed by atoms with van der Waals surface area (Å²) in [6, 6.07) is 0.712. The van der Waals surface area contributed by atoms with Crippen molar-refractivity contribution in [1.82, 2.24) is 5.32 Å². The summed E-state index contributed by atoms with van der Waals surface area (Å²) in [6.45, 7) is 4.45. The van der Waals surface area contributed by atoms with Gasteiger partial charge in [0.15, 0.2) is 0 Å². The first kappa shape index (κ1) is 14.7. The molecule has 0 saturated carbocycles. The number of thioether (sulfide) groups is 1. The van der Waals surface area contributed by atoms with E-state index in [0.29, 0.717) is 6.04 Å². The predicted octanol–water partition coefficient (Wildman–Crippen LogP) is 3.60. The summed E-state index contributed by atoms with van der Waals surface area (Å²) >= 11 is 2.09. The van der Waals surface area contributed by atoms with E-state index in [-0.39, 0.29) is 5.60 Å². The first-order valence-electron chi connectivity index (χ1n) is 7.80. The number of ether oxygens (including phenoxy) is 1. The van der Waals surface area contributed by atoms with Crippen molar-refractivity contribution in [3.05, 3.63) is 0 Å². The van der Waals surface area contributed by atoms with Crippen LogP contribution in [0.3, 0.4) is 0 Å². The van der Waals surface area contributed by atoms with Gasteiger partial charge in [0.1, 0.15) is 0 Å². The zero-order chi connectivity index (χ0) is 12.7. The third kappa shape index (κ3) is 4.43. The molecule has 106 valence electrons. The molecular formula is C15H29NOS. The van der Waals surface area contributed by atoms with E-state index in [0.717, 1.165) is 6.61 Å². The first-order valence-corrected chi connectivity index (χ1v) is 8.95. The topological polar surface area (TPSA) is 21.3 Å². The van der Waals surface area contributed by atoms with Crippen LogP contribution in [0.4, 0.5) is 0 Å². The normalized spacial score (nSPS) is 27.5. The number of nitrogens with one attached hydrogen (secondary N) is 1. The minimum absolute atomic E-state index is 0.241. The van der Waals surface area contributed by atoms with Crippen LogP contribution < -0.4 is 5.32 Å². The molecule has 0 radical (unpaired) electrons. The third-order valence-corrected chi connectivity index (χ3v) is 5.35. The van der Waals surface area contributed by atoms with Crippen LogP contribution in [0.2, 0.25) is 0 Å².